The van der Waals surface area contributed by atoms with Gasteiger partial charge in [-0.15, -0.1) is 0 Å². The zero-order chi connectivity index (χ0) is 9.84. The maximum Gasteiger partial charge on any atom is 0.223 e. The first-order valence-corrected chi connectivity index (χ1v) is 5.14. The molecule has 1 atom stereocenters. The molecule has 0 saturated heterocycles. The Bertz CT molecular complexity index is 176. The molecule has 0 aromatic rings. The number of carbonyl (C=O) groups is 1. The van der Waals surface area contributed by atoms with Gasteiger partial charge in [0.05, 0.1) is 0 Å². The number of carbonyl (C=O) groups excluding carboxylic acids is 1. The van der Waals surface area contributed by atoms with E-state index in [9.17, 15) is 4.79 Å². The summed E-state index contributed by atoms with van der Waals surface area (Å²) in [6.07, 6.45) is 3.07. The van der Waals surface area contributed by atoms with E-state index in [2.05, 4.69) is 12.2 Å². The van der Waals surface area contributed by atoms with Crippen LogP contribution in [0.2, 0.25) is 0 Å². The fourth-order valence-corrected chi connectivity index (χ4v) is 1.74. The van der Waals surface area contributed by atoms with Crippen LogP contribution < -0.4 is 11.1 Å². The summed E-state index contributed by atoms with van der Waals surface area (Å²) < 4.78 is 0. The van der Waals surface area contributed by atoms with Gasteiger partial charge in [-0.05, 0) is 31.7 Å². The molecule has 0 bridgehead atoms. The molecule has 1 aliphatic carbocycles. The lowest BCUT2D eigenvalue weighted by Gasteiger charge is -2.34. The Morgan fingerprint density at radius 2 is 2.23 bits per heavy atom. The standard InChI is InChI=1S/C10H20N2O/c1-7-5-9(6-7)12-10(13)8(2)3-4-11/h7-9H,3-6,11H2,1-2H3,(H,12,13). The monoisotopic (exact) mass is 184 g/mol. The van der Waals surface area contributed by atoms with Crippen LogP contribution in [0.3, 0.4) is 0 Å². The molecule has 0 aliphatic heterocycles. The fourth-order valence-electron chi connectivity index (χ4n) is 1.74. The number of rotatable bonds is 4. The summed E-state index contributed by atoms with van der Waals surface area (Å²) in [7, 11) is 0. The molecular formula is C10H20N2O. The van der Waals surface area contributed by atoms with Crippen LogP contribution in [0.25, 0.3) is 0 Å². The van der Waals surface area contributed by atoms with Gasteiger partial charge in [0, 0.05) is 12.0 Å². The molecule has 13 heavy (non-hydrogen) atoms. The predicted molar refractivity (Wildman–Crippen MR) is 53.2 cm³/mol. The second-order valence-corrected chi connectivity index (χ2v) is 4.26. The Morgan fingerprint density at radius 3 is 2.69 bits per heavy atom. The minimum absolute atomic E-state index is 0.0703. The van der Waals surface area contributed by atoms with Gasteiger partial charge in [-0.1, -0.05) is 13.8 Å². The SMILES string of the molecule is CC1CC(NC(=O)C(C)CCN)C1. The van der Waals surface area contributed by atoms with Crippen LogP contribution in [-0.4, -0.2) is 18.5 Å². The third-order valence-corrected chi connectivity index (χ3v) is 2.77. The highest BCUT2D eigenvalue weighted by Gasteiger charge is 2.27. The maximum absolute atomic E-state index is 11.5. The molecule has 3 heteroatoms. The van der Waals surface area contributed by atoms with E-state index in [0.717, 1.165) is 25.2 Å². The molecule has 0 spiro atoms. The van der Waals surface area contributed by atoms with E-state index < -0.39 is 0 Å². The number of hydrogen-bond acceptors (Lipinski definition) is 2. The van der Waals surface area contributed by atoms with Crippen molar-refractivity contribution in [2.75, 3.05) is 6.54 Å². The lowest BCUT2D eigenvalue weighted by Crippen LogP contribution is -2.45. The highest BCUT2D eigenvalue weighted by Crippen LogP contribution is 2.26. The molecule has 0 aromatic heterocycles. The first-order valence-electron chi connectivity index (χ1n) is 5.14. The van der Waals surface area contributed by atoms with Crippen LogP contribution in [0.4, 0.5) is 0 Å². The van der Waals surface area contributed by atoms with E-state index >= 15 is 0 Å². The Hall–Kier alpha value is -0.570. The van der Waals surface area contributed by atoms with E-state index in [1.807, 2.05) is 6.92 Å². The third-order valence-electron chi connectivity index (χ3n) is 2.77. The van der Waals surface area contributed by atoms with Gasteiger partial charge in [-0.2, -0.15) is 0 Å². The van der Waals surface area contributed by atoms with Crippen molar-refractivity contribution in [3.05, 3.63) is 0 Å². The Morgan fingerprint density at radius 1 is 1.62 bits per heavy atom. The highest BCUT2D eigenvalue weighted by molar-refractivity contribution is 5.78. The largest absolute Gasteiger partial charge is 0.353 e. The van der Waals surface area contributed by atoms with Crippen molar-refractivity contribution in [3.63, 3.8) is 0 Å². The fraction of sp³-hybridized carbons (Fsp3) is 0.900. The average molecular weight is 184 g/mol. The summed E-state index contributed by atoms with van der Waals surface area (Å²) in [5.74, 6) is 1.03. The van der Waals surface area contributed by atoms with Crippen LogP contribution in [0.1, 0.15) is 33.1 Å². The van der Waals surface area contributed by atoms with E-state index in [1.165, 1.54) is 0 Å². The molecule has 0 radical (unpaired) electrons. The summed E-state index contributed by atoms with van der Waals surface area (Å²) in [5.41, 5.74) is 5.39. The van der Waals surface area contributed by atoms with Crippen LogP contribution >= 0.6 is 0 Å². The Balaban J connectivity index is 2.17. The average Bonchev–Trinajstić information content (AvgIpc) is 2.02. The zero-order valence-corrected chi connectivity index (χ0v) is 8.55. The molecule has 1 aliphatic rings. The lowest BCUT2D eigenvalue weighted by atomic mass is 9.81. The van der Waals surface area contributed by atoms with Crippen LogP contribution in [-0.2, 0) is 4.79 Å². The van der Waals surface area contributed by atoms with Crippen LogP contribution in [0.5, 0.6) is 0 Å². The number of hydrogen-bond donors (Lipinski definition) is 2. The van der Waals surface area contributed by atoms with Crippen molar-refractivity contribution in [1.82, 2.24) is 5.32 Å². The molecule has 1 fully saturated rings. The maximum atomic E-state index is 11.5. The minimum Gasteiger partial charge on any atom is -0.353 e. The van der Waals surface area contributed by atoms with Gasteiger partial charge in [-0.3, -0.25) is 4.79 Å². The van der Waals surface area contributed by atoms with Crippen LogP contribution in [0.15, 0.2) is 0 Å². The van der Waals surface area contributed by atoms with Gasteiger partial charge in [0.1, 0.15) is 0 Å². The summed E-state index contributed by atoms with van der Waals surface area (Å²) >= 11 is 0. The summed E-state index contributed by atoms with van der Waals surface area (Å²) in [4.78, 5) is 11.5. The minimum atomic E-state index is 0.0703. The molecule has 0 heterocycles. The summed E-state index contributed by atoms with van der Waals surface area (Å²) in [6.45, 7) is 4.74. The summed E-state index contributed by atoms with van der Waals surface area (Å²) in [6, 6.07) is 0.433. The van der Waals surface area contributed by atoms with Gasteiger partial charge >= 0.3 is 0 Å². The number of amides is 1. The van der Waals surface area contributed by atoms with Gasteiger partial charge in [-0.25, -0.2) is 0 Å². The molecule has 1 unspecified atom stereocenters. The van der Waals surface area contributed by atoms with E-state index in [4.69, 9.17) is 5.73 Å². The predicted octanol–water partition coefficient (Wildman–Crippen LogP) is 0.886. The van der Waals surface area contributed by atoms with Gasteiger partial charge in [0.15, 0.2) is 0 Å². The molecule has 1 rings (SSSR count). The molecule has 1 saturated carbocycles. The van der Waals surface area contributed by atoms with Gasteiger partial charge in [0.25, 0.3) is 0 Å². The number of nitrogens with one attached hydrogen (secondary N) is 1. The lowest BCUT2D eigenvalue weighted by molar-refractivity contribution is -0.126. The quantitative estimate of drug-likeness (QED) is 0.681. The molecule has 76 valence electrons. The van der Waals surface area contributed by atoms with Crippen molar-refractivity contribution in [2.45, 2.75) is 39.2 Å². The van der Waals surface area contributed by atoms with Crippen molar-refractivity contribution in [2.24, 2.45) is 17.6 Å². The van der Waals surface area contributed by atoms with E-state index in [-0.39, 0.29) is 11.8 Å². The Kier molecular flexibility index (Phi) is 3.72. The second-order valence-electron chi connectivity index (χ2n) is 4.26. The van der Waals surface area contributed by atoms with Crippen molar-refractivity contribution in [1.29, 1.82) is 0 Å². The smallest absolute Gasteiger partial charge is 0.223 e. The van der Waals surface area contributed by atoms with E-state index in [0.29, 0.717) is 12.6 Å². The van der Waals surface area contributed by atoms with E-state index in [1.54, 1.807) is 0 Å². The zero-order valence-electron chi connectivity index (χ0n) is 8.55. The van der Waals surface area contributed by atoms with Crippen molar-refractivity contribution in [3.8, 4) is 0 Å². The first-order chi connectivity index (χ1) is 6.13. The molecule has 0 aromatic carbocycles. The highest BCUT2D eigenvalue weighted by atomic mass is 16.1. The topological polar surface area (TPSA) is 55.1 Å². The molecule has 3 nitrogen and oxygen atoms in total. The van der Waals surface area contributed by atoms with Crippen molar-refractivity contribution >= 4 is 5.91 Å². The van der Waals surface area contributed by atoms with Gasteiger partial charge in [0.2, 0.25) is 5.91 Å². The number of nitrogens with two attached hydrogens (primary N) is 1. The van der Waals surface area contributed by atoms with Crippen LogP contribution in [0, 0.1) is 11.8 Å². The summed E-state index contributed by atoms with van der Waals surface area (Å²) in [5, 5.41) is 3.04. The Labute approximate surface area is 80.1 Å². The third kappa shape index (κ3) is 2.99. The normalized spacial score (nSPS) is 29.2. The van der Waals surface area contributed by atoms with Crippen molar-refractivity contribution < 1.29 is 4.79 Å². The molecule has 1 amide bonds. The molecule has 3 N–H and O–H groups in total. The second kappa shape index (κ2) is 4.61. The first kappa shape index (κ1) is 10.5. The van der Waals surface area contributed by atoms with Gasteiger partial charge < -0.3 is 11.1 Å². The molecular weight excluding hydrogens is 164 g/mol.